The Bertz CT molecular complexity index is 721. The fourth-order valence-electron chi connectivity index (χ4n) is 3.18. The van der Waals surface area contributed by atoms with E-state index in [4.69, 9.17) is 4.74 Å². The van der Waals surface area contributed by atoms with Crippen LogP contribution in [0, 0.1) is 11.8 Å². The maximum absolute atomic E-state index is 12.3. The van der Waals surface area contributed by atoms with Crippen molar-refractivity contribution in [1.82, 2.24) is 5.32 Å². The number of carbonyl (C=O) groups is 1. The van der Waals surface area contributed by atoms with Crippen LogP contribution < -0.4 is 20.1 Å². The van der Waals surface area contributed by atoms with Gasteiger partial charge in [-0.15, -0.1) is 12.4 Å². The van der Waals surface area contributed by atoms with E-state index in [2.05, 4.69) is 22.3 Å². The Kier molecular flexibility index (Phi) is 9.35. The molecule has 1 amide bonds. The van der Waals surface area contributed by atoms with Gasteiger partial charge in [0, 0.05) is 18.2 Å². The summed E-state index contributed by atoms with van der Waals surface area (Å²) in [5.41, 5.74) is 0.944. The summed E-state index contributed by atoms with van der Waals surface area (Å²) < 4.78 is 31.2. The summed E-state index contributed by atoms with van der Waals surface area (Å²) in [5, 5.41) is 6.22. The van der Waals surface area contributed by atoms with Crippen molar-refractivity contribution >= 4 is 39.7 Å². The van der Waals surface area contributed by atoms with E-state index < -0.39 is 10.0 Å². The molecule has 1 aliphatic rings. The topological polar surface area (TPSA) is 96.5 Å². The molecule has 0 aliphatic carbocycles. The number of hydrogen-bond acceptors (Lipinski definition) is 5. The van der Waals surface area contributed by atoms with Gasteiger partial charge in [-0.05, 0) is 56.8 Å². The van der Waals surface area contributed by atoms with Gasteiger partial charge in [0.05, 0.1) is 18.6 Å². The van der Waals surface area contributed by atoms with Crippen LogP contribution in [-0.2, 0) is 14.8 Å². The fourth-order valence-corrected chi connectivity index (χ4v) is 3.83. The van der Waals surface area contributed by atoms with Crippen LogP contribution in [0.2, 0.25) is 0 Å². The monoisotopic (exact) mass is 419 g/mol. The second kappa shape index (κ2) is 10.7. The van der Waals surface area contributed by atoms with Crippen LogP contribution in [0.1, 0.15) is 33.1 Å². The van der Waals surface area contributed by atoms with Gasteiger partial charge in [0.25, 0.3) is 0 Å². The van der Waals surface area contributed by atoms with E-state index >= 15 is 0 Å². The average Bonchev–Trinajstić information content (AvgIpc) is 2.63. The number of benzene rings is 1. The van der Waals surface area contributed by atoms with Crippen LogP contribution in [0.15, 0.2) is 18.2 Å². The molecule has 7 nitrogen and oxygen atoms in total. The number of sulfonamides is 1. The fraction of sp³-hybridized carbons (Fsp3) is 0.611. The highest BCUT2D eigenvalue weighted by Crippen LogP contribution is 2.29. The minimum Gasteiger partial charge on any atom is -0.494 e. The smallest absolute Gasteiger partial charge is 0.232 e. The summed E-state index contributed by atoms with van der Waals surface area (Å²) in [4.78, 5) is 12.3. The number of piperidine rings is 1. The molecule has 1 aromatic carbocycles. The Morgan fingerprint density at radius 1 is 1.33 bits per heavy atom. The lowest BCUT2D eigenvalue weighted by atomic mass is 9.84. The summed E-state index contributed by atoms with van der Waals surface area (Å²) in [6, 6.07) is 4.89. The van der Waals surface area contributed by atoms with Crippen molar-refractivity contribution in [3.8, 4) is 5.75 Å². The van der Waals surface area contributed by atoms with Gasteiger partial charge in [0.2, 0.25) is 15.9 Å². The molecule has 1 saturated heterocycles. The van der Waals surface area contributed by atoms with Crippen LogP contribution in [0.4, 0.5) is 11.4 Å². The summed E-state index contributed by atoms with van der Waals surface area (Å²) >= 11 is 0. The number of amides is 1. The zero-order chi connectivity index (χ0) is 19.2. The van der Waals surface area contributed by atoms with E-state index in [9.17, 15) is 13.2 Å². The van der Waals surface area contributed by atoms with Gasteiger partial charge in [-0.3, -0.25) is 9.52 Å². The third-order valence-electron chi connectivity index (χ3n) is 4.83. The zero-order valence-corrected chi connectivity index (χ0v) is 17.7. The molecule has 0 radical (unpaired) electrons. The summed E-state index contributed by atoms with van der Waals surface area (Å²) in [6.07, 6.45) is 2.68. The van der Waals surface area contributed by atoms with Crippen molar-refractivity contribution in [1.29, 1.82) is 0 Å². The predicted molar refractivity (Wildman–Crippen MR) is 111 cm³/mol. The summed E-state index contributed by atoms with van der Waals surface area (Å²) in [5.74, 6) is 1.20. The number of methoxy groups -OCH3 is 1. The van der Waals surface area contributed by atoms with E-state index in [-0.39, 0.29) is 24.1 Å². The Morgan fingerprint density at radius 2 is 2.00 bits per heavy atom. The quantitative estimate of drug-likeness (QED) is 0.602. The molecule has 27 heavy (non-hydrogen) atoms. The van der Waals surface area contributed by atoms with E-state index in [1.54, 1.807) is 25.1 Å². The molecule has 1 fully saturated rings. The summed E-state index contributed by atoms with van der Waals surface area (Å²) in [7, 11) is -1.93. The zero-order valence-electron chi connectivity index (χ0n) is 16.1. The molecule has 1 heterocycles. The van der Waals surface area contributed by atoms with Crippen LogP contribution in [-0.4, -0.2) is 40.3 Å². The highest BCUT2D eigenvalue weighted by atomic mass is 35.5. The third-order valence-corrected chi connectivity index (χ3v) is 6.12. The van der Waals surface area contributed by atoms with Crippen molar-refractivity contribution in [2.75, 3.05) is 36.0 Å². The van der Waals surface area contributed by atoms with Crippen molar-refractivity contribution in [2.45, 2.75) is 33.1 Å². The van der Waals surface area contributed by atoms with Crippen molar-refractivity contribution in [3.63, 3.8) is 0 Å². The molecule has 0 bridgehead atoms. The molecule has 0 saturated carbocycles. The largest absolute Gasteiger partial charge is 0.494 e. The number of halogens is 1. The third kappa shape index (κ3) is 7.20. The maximum Gasteiger partial charge on any atom is 0.232 e. The van der Waals surface area contributed by atoms with Gasteiger partial charge >= 0.3 is 0 Å². The standard InChI is InChI=1S/C18H29N3O4S.ClH/c1-4-26(23,24)21-16-6-5-15(12-17(16)25-3)20-18(22)11-13(2)14-7-9-19-10-8-14;/h5-6,12-14,19,21H,4,7-11H2,1-3H3,(H,20,22);1H. The molecule has 1 unspecified atom stereocenters. The molecule has 2 rings (SSSR count). The van der Waals surface area contributed by atoms with Gasteiger partial charge in [-0.25, -0.2) is 8.42 Å². The van der Waals surface area contributed by atoms with Crippen LogP contribution in [0.25, 0.3) is 0 Å². The average molecular weight is 420 g/mol. The Balaban J connectivity index is 0.00000364. The molecule has 154 valence electrons. The number of anilines is 2. The molecule has 1 aliphatic heterocycles. The van der Waals surface area contributed by atoms with E-state index in [0.717, 1.165) is 25.9 Å². The summed E-state index contributed by atoms with van der Waals surface area (Å²) in [6.45, 7) is 5.72. The first kappa shape index (κ1) is 23.5. The van der Waals surface area contributed by atoms with E-state index in [1.807, 2.05) is 0 Å². The van der Waals surface area contributed by atoms with E-state index in [1.165, 1.54) is 7.11 Å². The minimum atomic E-state index is -3.39. The molecule has 0 aromatic heterocycles. The Hall–Kier alpha value is -1.51. The molecule has 0 spiro atoms. The van der Waals surface area contributed by atoms with E-state index in [0.29, 0.717) is 35.4 Å². The first-order valence-electron chi connectivity index (χ1n) is 9.03. The highest BCUT2D eigenvalue weighted by molar-refractivity contribution is 7.92. The Morgan fingerprint density at radius 3 is 2.59 bits per heavy atom. The Labute approximate surface area is 168 Å². The van der Waals surface area contributed by atoms with Crippen LogP contribution in [0.5, 0.6) is 5.75 Å². The van der Waals surface area contributed by atoms with Crippen molar-refractivity contribution in [3.05, 3.63) is 18.2 Å². The van der Waals surface area contributed by atoms with Gasteiger partial charge in [0.1, 0.15) is 5.75 Å². The van der Waals surface area contributed by atoms with Crippen molar-refractivity contribution in [2.24, 2.45) is 11.8 Å². The lowest BCUT2D eigenvalue weighted by Crippen LogP contribution is -2.32. The second-order valence-electron chi connectivity index (χ2n) is 6.74. The number of ether oxygens (including phenoxy) is 1. The molecular formula is C18H30ClN3O4S. The normalized spacial score (nSPS) is 16.1. The predicted octanol–water partition coefficient (Wildman–Crippen LogP) is 2.84. The van der Waals surface area contributed by atoms with Gasteiger partial charge < -0.3 is 15.4 Å². The minimum absolute atomic E-state index is 0. The number of nitrogens with one attached hydrogen (secondary N) is 3. The lowest BCUT2D eigenvalue weighted by molar-refractivity contribution is -0.117. The first-order chi connectivity index (χ1) is 12.3. The molecular weight excluding hydrogens is 390 g/mol. The molecule has 1 aromatic rings. The maximum atomic E-state index is 12.3. The van der Waals surface area contributed by atoms with Crippen LogP contribution >= 0.6 is 12.4 Å². The second-order valence-corrected chi connectivity index (χ2v) is 8.75. The first-order valence-corrected chi connectivity index (χ1v) is 10.7. The molecule has 1 atom stereocenters. The van der Waals surface area contributed by atoms with Crippen molar-refractivity contribution < 1.29 is 17.9 Å². The van der Waals surface area contributed by atoms with Gasteiger partial charge in [-0.1, -0.05) is 6.92 Å². The number of hydrogen-bond donors (Lipinski definition) is 3. The number of carbonyl (C=O) groups excluding carboxylic acids is 1. The van der Waals surface area contributed by atoms with Crippen LogP contribution in [0.3, 0.4) is 0 Å². The molecule has 3 N–H and O–H groups in total. The highest BCUT2D eigenvalue weighted by Gasteiger charge is 2.22. The SMILES string of the molecule is CCS(=O)(=O)Nc1ccc(NC(=O)CC(C)C2CCNCC2)cc1OC.Cl. The number of rotatable bonds is 8. The van der Waals surface area contributed by atoms with Gasteiger partial charge in [-0.2, -0.15) is 0 Å². The molecule has 9 heteroatoms. The lowest BCUT2D eigenvalue weighted by Gasteiger charge is -2.27. The van der Waals surface area contributed by atoms with Gasteiger partial charge in [0.15, 0.2) is 0 Å².